The van der Waals surface area contributed by atoms with E-state index in [2.05, 4.69) is 10.2 Å². The fourth-order valence-electron chi connectivity index (χ4n) is 2.42. The van der Waals surface area contributed by atoms with Gasteiger partial charge >= 0.3 is 12.1 Å². The van der Waals surface area contributed by atoms with E-state index in [0.717, 1.165) is 11.3 Å². The van der Waals surface area contributed by atoms with Crippen LogP contribution in [0.15, 0.2) is 0 Å². The summed E-state index contributed by atoms with van der Waals surface area (Å²) < 4.78 is 10.4. The molecule has 1 aromatic heterocycles. The van der Waals surface area contributed by atoms with Gasteiger partial charge in [0, 0.05) is 11.6 Å². The van der Waals surface area contributed by atoms with Crippen LogP contribution in [0.5, 0.6) is 0 Å². The summed E-state index contributed by atoms with van der Waals surface area (Å²) in [6, 6.07) is -0.0758. The van der Waals surface area contributed by atoms with E-state index in [1.807, 2.05) is 27.7 Å². The van der Waals surface area contributed by atoms with Gasteiger partial charge in [-0.3, -0.25) is 10.00 Å². The van der Waals surface area contributed by atoms with Crippen molar-refractivity contribution in [3.63, 3.8) is 0 Å². The third kappa shape index (κ3) is 3.40. The first-order valence-corrected chi connectivity index (χ1v) is 7.45. The van der Waals surface area contributed by atoms with Crippen LogP contribution < -0.4 is 0 Å². The molecule has 0 saturated heterocycles. The molecule has 22 heavy (non-hydrogen) atoms. The van der Waals surface area contributed by atoms with Gasteiger partial charge in [0.05, 0.1) is 18.8 Å². The van der Waals surface area contributed by atoms with Gasteiger partial charge in [0.25, 0.3) is 0 Å². The van der Waals surface area contributed by atoms with E-state index >= 15 is 0 Å². The Balaban J connectivity index is 2.18. The van der Waals surface area contributed by atoms with Gasteiger partial charge < -0.3 is 9.47 Å². The number of amides is 1. The van der Waals surface area contributed by atoms with Crippen LogP contribution in [0.2, 0.25) is 0 Å². The standard InChI is InChI=1S/C15H23N3O4/c1-6-21-13(19)12-10-7-9(2)18(8-11(10)16-17-12)14(20)22-15(3,4)5/h9H,6-8H2,1-5H3,(H,16,17)/t9-/m0/s1. The lowest BCUT2D eigenvalue weighted by molar-refractivity contribution is 0.0135. The Bertz CT molecular complexity index is 574. The molecule has 0 spiro atoms. The number of nitrogens with one attached hydrogen (secondary N) is 1. The second kappa shape index (κ2) is 5.98. The molecule has 1 N–H and O–H groups in total. The maximum Gasteiger partial charge on any atom is 0.410 e. The van der Waals surface area contributed by atoms with Crippen LogP contribution in [0.4, 0.5) is 4.79 Å². The van der Waals surface area contributed by atoms with Crippen molar-refractivity contribution in [3.05, 3.63) is 17.0 Å². The Kier molecular flexibility index (Phi) is 4.44. The van der Waals surface area contributed by atoms with E-state index in [0.29, 0.717) is 25.3 Å². The first kappa shape index (κ1) is 16.3. The highest BCUT2D eigenvalue weighted by molar-refractivity contribution is 5.89. The summed E-state index contributed by atoms with van der Waals surface area (Å²) in [6.07, 6.45) is 0.178. The lowest BCUT2D eigenvalue weighted by atomic mass is 9.98. The Labute approximate surface area is 130 Å². The minimum absolute atomic E-state index is 0.0758. The number of hydrogen-bond donors (Lipinski definition) is 1. The Morgan fingerprint density at radius 1 is 1.41 bits per heavy atom. The topological polar surface area (TPSA) is 84.5 Å². The van der Waals surface area contributed by atoms with Gasteiger partial charge in [-0.15, -0.1) is 0 Å². The summed E-state index contributed by atoms with van der Waals surface area (Å²) in [7, 11) is 0. The van der Waals surface area contributed by atoms with Crippen molar-refractivity contribution in [1.82, 2.24) is 15.1 Å². The Morgan fingerprint density at radius 2 is 2.09 bits per heavy atom. The van der Waals surface area contributed by atoms with E-state index in [-0.39, 0.29) is 12.1 Å². The molecule has 0 bridgehead atoms. The van der Waals surface area contributed by atoms with E-state index in [1.165, 1.54) is 0 Å². The van der Waals surface area contributed by atoms with Crippen LogP contribution >= 0.6 is 0 Å². The van der Waals surface area contributed by atoms with Gasteiger partial charge in [-0.1, -0.05) is 0 Å². The number of esters is 1. The van der Waals surface area contributed by atoms with Gasteiger partial charge in [-0.2, -0.15) is 5.10 Å². The van der Waals surface area contributed by atoms with Crippen LogP contribution in [0.1, 0.15) is 56.4 Å². The molecule has 0 fully saturated rings. The van der Waals surface area contributed by atoms with Gasteiger partial charge in [-0.25, -0.2) is 9.59 Å². The molecule has 0 aliphatic carbocycles. The highest BCUT2D eigenvalue weighted by Gasteiger charge is 2.34. The van der Waals surface area contributed by atoms with Crippen LogP contribution in [0, 0.1) is 0 Å². The number of aromatic nitrogens is 2. The molecule has 122 valence electrons. The number of aromatic amines is 1. The van der Waals surface area contributed by atoms with Gasteiger partial charge in [0.1, 0.15) is 5.60 Å². The molecule has 0 unspecified atom stereocenters. The summed E-state index contributed by atoms with van der Waals surface area (Å²) in [4.78, 5) is 25.8. The van der Waals surface area contributed by atoms with Crippen LogP contribution in [0.25, 0.3) is 0 Å². The van der Waals surface area contributed by atoms with E-state index in [4.69, 9.17) is 9.47 Å². The molecule has 7 nitrogen and oxygen atoms in total. The number of hydrogen-bond acceptors (Lipinski definition) is 5. The average Bonchev–Trinajstić information content (AvgIpc) is 2.78. The summed E-state index contributed by atoms with van der Waals surface area (Å²) in [6.45, 7) is 9.83. The van der Waals surface area contributed by atoms with Crippen molar-refractivity contribution in [2.24, 2.45) is 0 Å². The number of carbonyl (C=O) groups is 2. The third-order valence-electron chi connectivity index (χ3n) is 3.41. The van der Waals surface area contributed by atoms with Crippen molar-refractivity contribution >= 4 is 12.1 Å². The zero-order valence-electron chi connectivity index (χ0n) is 13.7. The number of nitrogens with zero attached hydrogens (tertiary/aromatic N) is 2. The molecule has 1 aliphatic heterocycles. The monoisotopic (exact) mass is 309 g/mol. The van der Waals surface area contributed by atoms with Crippen LogP contribution in [0.3, 0.4) is 0 Å². The number of rotatable bonds is 2. The molecule has 0 radical (unpaired) electrons. The molecule has 2 rings (SSSR count). The molecule has 1 amide bonds. The Morgan fingerprint density at radius 3 is 2.68 bits per heavy atom. The summed E-state index contributed by atoms with van der Waals surface area (Å²) in [5, 5.41) is 6.87. The zero-order chi connectivity index (χ0) is 16.5. The predicted octanol–water partition coefficient (Wildman–Crippen LogP) is 2.27. The Hall–Kier alpha value is -2.05. The van der Waals surface area contributed by atoms with Gasteiger partial charge in [0.15, 0.2) is 5.69 Å². The molecule has 1 atom stereocenters. The fraction of sp³-hybridized carbons (Fsp3) is 0.667. The van der Waals surface area contributed by atoms with E-state index in [1.54, 1.807) is 11.8 Å². The maximum absolute atomic E-state index is 12.3. The minimum atomic E-state index is -0.541. The first-order valence-electron chi connectivity index (χ1n) is 7.45. The zero-order valence-corrected chi connectivity index (χ0v) is 13.7. The normalized spacial score (nSPS) is 17.9. The van der Waals surface area contributed by atoms with Crippen LogP contribution in [-0.4, -0.2) is 45.4 Å². The molecular formula is C15H23N3O4. The number of ether oxygens (including phenoxy) is 2. The minimum Gasteiger partial charge on any atom is -0.461 e. The number of carbonyl (C=O) groups excluding carboxylic acids is 2. The quantitative estimate of drug-likeness (QED) is 0.847. The van der Waals surface area contributed by atoms with Gasteiger partial charge in [0.2, 0.25) is 0 Å². The van der Waals surface area contributed by atoms with Crippen molar-refractivity contribution in [1.29, 1.82) is 0 Å². The average molecular weight is 309 g/mol. The lowest BCUT2D eigenvalue weighted by Gasteiger charge is -2.34. The number of H-pyrrole nitrogens is 1. The van der Waals surface area contributed by atoms with Crippen molar-refractivity contribution in [2.75, 3.05) is 6.61 Å². The van der Waals surface area contributed by atoms with E-state index in [9.17, 15) is 9.59 Å². The molecular weight excluding hydrogens is 286 g/mol. The number of fused-ring (bicyclic) bond motifs is 1. The lowest BCUT2D eigenvalue weighted by Crippen LogP contribution is -2.45. The first-order chi connectivity index (χ1) is 10.2. The molecule has 1 aromatic rings. The maximum atomic E-state index is 12.3. The molecule has 0 aromatic carbocycles. The second-order valence-corrected chi connectivity index (χ2v) is 6.41. The largest absolute Gasteiger partial charge is 0.461 e. The van der Waals surface area contributed by atoms with Crippen molar-refractivity contribution in [2.45, 2.75) is 59.2 Å². The molecule has 1 aliphatic rings. The molecule has 2 heterocycles. The smallest absolute Gasteiger partial charge is 0.410 e. The summed E-state index contributed by atoms with van der Waals surface area (Å²) >= 11 is 0. The highest BCUT2D eigenvalue weighted by atomic mass is 16.6. The third-order valence-corrected chi connectivity index (χ3v) is 3.41. The fourth-order valence-corrected chi connectivity index (χ4v) is 2.42. The highest BCUT2D eigenvalue weighted by Crippen LogP contribution is 2.26. The van der Waals surface area contributed by atoms with E-state index < -0.39 is 11.6 Å². The summed E-state index contributed by atoms with van der Waals surface area (Å²) in [5.41, 5.74) is 1.35. The SMILES string of the molecule is CCOC(=O)c1n[nH]c2c1C[C@H](C)N(C(=O)OC(C)(C)C)C2. The van der Waals surface area contributed by atoms with Crippen molar-refractivity contribution in [3.8, 4) is 0 Å². The molecule has 7 heteroatoms. The molecule has 0 saturated carbocycles. The predicted molar refractivity (Wildman–Crippen MR) is 79.5 cm³/mol. The van der Waals surface area contributed by atoms with Crippen LogP contribution in [-0.2, 0) is 22.4 Å². The van der Waals surface area contributed by atoms with Gasteiger partial charge in [-0.05, 0) is 41.0 Å². The second-order valence-electron chi connectivity index (χ2n) is 6.41. The summed E-state index contributed by atoms with van der Waals surface area (Å²) in [5.74, 6) is -0.432. The van der Waals surface area contributed by atoms with Crippen molar-refractivity contribution < 1.29 is 19.1 Å².